The van der Waals surface area contributed by atoms with E-state index in [1.165, 1.54) is 6.92 Å². The van der Waals surface area contributed by atoms with E-state index in [1.54, 1.807) is 0 Å². The van der Waals surface area contributed by atoms with Gasteiger partial charge in [0.25, 0.3) is 0 Å². The Hall–Kier alpha value is -1.39. The predicted octanol–water partition coefficient (Wildman–Crippen LogP) is 1.54. The maximum absolute atomic E-state index is 11.1. The first kappa shape index (κ1) is 13.1. The van der Waals surface area contributed by atoms with Crippen LogP contribution in [0, 0.1) is 0 Å². The van der Waals surface area contributed by atoms with E-state index in [-0.39, 0.29) is 0 Å². The number of hydrogen-bond donors (Lipinski definition) is 2. The lowest BCUT2D eigenvalue weighted by atomic mass is 9.81. The van der Waals surface area contributed by atoms with E-state index >= 15 is 0 Å². The summed E-state index contributed by atoms with van der Waals surface area (Å²) in [6.45, 7) is 2.12. The zero-order chi connectivity index (χ0) is 13.0. The Morgan fingerprint density at radius 1 is 1.39 bits per heavy atom. The van der Waals surface area contributed by atoms with E-state index in [0.717, 1.165) is 31.4 Å². The van der Waals surface area contributed by atoms with E-state index in [9.17, 15) is 9.90 Å². The number of nitrogens with one attached hydrogen (secondary N) is 1. The zero-order valence-corrected chi connectivity index (χ0v) is 10.6. The van der Waals surface area contributed by atoms with Crippen molar-refractivity contribution in [2.45, 2.75) is 38.0 Å². The van der Waals surface area contributed by atoms with Gasteiger partial charge in [0.05, 0.1) is 0 Å². The van der Waals surface area contributed by atoms with Crippen LogP contribution in [0.5, 0.6) is 0 Å². The van der Waals surface area contributed by atoms with Gasteiger partial charge in [-0.15, -0.1) is 0 Å². The second kappa shape index (κ2) is 5.50. The summed E-state index contributed by atoms with van der Waals surface area (Å²) in [4.78, 5) is 11.1. The van der Waals surface area contributed by atoms with Gasteiger partial charge < -0.3 is 15.2 Å². The second-order valence-corrected chi connectivity index (χ2v) is 4.68. The third-order valence-corrected chi connectivity index (χ3v) is 3.43. The monoisotopic (exact) mass is 249 g/mol. The van der Waals surface area contributed by atoms with E-state index in [1.807, 2.05) is 30.3 Å². The van der Waals surface area contributed by atoms with Crippen LogP contribution in [0.25, 0.3) is 0 Å². The Kier molecular flexibility index (Phi) is 3.99. The number of rotatable bonds is 3. The summed E-state index contributed by atoms with van der Waals surface area (Å²) in [6, 6.07) is 9.68. The molecule has 0 saturated carbocycles. The van der Waals surface area contributed by atoms with Crippen LogP contribution in [0.15, 0.2) is 30.3 Å². The van der Waals surface area contributed by atoms with Crippen molar-refractivity contribution in [3.63, 3.8) is 0 Å². The molecule has 1 aromatic carbocycles. The van der Waals surface area contributed by atoms with Crippen molar-refractivity contribution in [1.82, 2.24) is 5.32 Å². The van der Waals surface area contributed by atoms with E-state index in [0.29, 0.717) is 0 Å². The minimum Gasteiger partial charge on any atom is -0.434 e. The Morgan fingerprint density at radius 3 is 2.67 bits per heavy atom. The molecule has 2 atom stereocenters. The minimum atomic E-state index is -1.15. The van der Waals surface area contributed by atoms with E-state index in [2.05, 4.69) is 5.32 Å². The van der Waals surface area contributed by atoms with Crippen molar-refractivity contribution in [3.8, 4) is 0 Å². The predicted molar refractivity (Wildman–Crippen MR) is 67.7 cm³/mol. The van der Waals surface area contributed by atoms with Crippen LogP contribution in [0.3, 0.4) is 0 Å². The molecule has 1 saturated heterocycles. The van der Waals surface area contributed by atoms with Crippen LogP contribution in [0.2, 0.25) is 0 Å². The van der Waals surface area contributed by atoms with E-state index < -0.39 is 17.8 Å². The minimum absolute atomic E-state index is 0.467. The second-order valence-electron chi connectivity index (χ2n) is 4.68. The number of piperidine rings is 1. The molecule has 2 unspecified atom stereocenters. The SMILES string of the molecule is CC(=O)OC(O)C1(c2ccccc2)CCCCN1. The summed E-state index contributed by atoms with van der Waals surface area (Å²) < 4.78 is 5.00. The van der Waals surface area contributed by atoms with Gasteiger partial charge in [-0.05, 0) is 31.4 Å². The van der Waals surface area contributed by atoms with Crippen LogP contribution < -0.4 is 5.32 Å². The summed E-state index contributed by atoms with van der Waals surface area (Å²) in [5.74, 6) is -0.467. The Balaban J connectivity index is 2.31. The van der Waals surface area contributed by atoms with Crippen LogP contribution in [0.4, 0.5) is 0 Å². The molecule has 18 heavy (non-hydrogen) atoms. The lowest BCUT2D eigenvalue weighted by Gasteiger charge is -2.41. The Morgan fingerprint density at radius 2 is 2.11 bits per heavy atom. The summed E-state index contributed by atoms with van der Waals surface area (Å²) in [5.41, 5.74) is 0.281. The van der Waals surface area contributed by atoms with Crippen molar-refractivity contribution in [3.05, 3.63) is 35.9 Å². The van der Waals surface area contributed by atoms with Crippen LogP contribution in [0.1, 0.15) is 31.7 Å². The quantitative estimate of drug-likeness (QED) is 0.630. The lowest BCUT2D eigenvalue weighted by molar-refractivity contribution is -0.185. The molecule has 1 aromatic rings. The summed E-state index contributed by atoms with van der Waals surface area (Å²) >= 11 is 0. The fourth-order valence-corrected chi connectivity index (χ4v) is 2.52. The molecule has 0 aromatic heterocycles. The smallest absolute Gasteiger partial charge is 0.305 e. The first-order chi connectivity index (χ1) is 8.65. The molecule has 2 N–H and O–H groups in total. The molecule has 1 fully saturated rings. The third-order valence-electron chi connectivity index (χ3n) is 3.43. The fourth-order valence-electron chi connectivity index (χ4n) is 2.52. The molecular formula is C14H19NO3. The number of carbonyl (C=O) groups excluding carboxylic acids is 1. The van der Waals surface area contributed by atoms with Gasteiger partial charge in [-0.3, -0.25) is 4.79 Å². The average molecular weight is 249 g/mol. The molecule has 0 amide bonds. The third kappa shape index (κ3) is 2.54. The van der Waals surface area contributed by atoms with Crippen LogP contribution in [-0.2, 0) is 15.1 Å². The summed E-state index contributed by atoms with van der Waals surface area (Å²) in [5, 5.41) is 13.6. The van der Waals surface area contributed by atoms with Crippen molar-refractivity contribution < 1.29 is 14.6 Å². The Labute approximate surface area is 107 Å². The number of aliphatic hydroxyl groups excluding tert-OH is 1. The van der Waals surface area contributed by atoms with Gasteiger partial charge in [0.1, 0.15) is 5.54 Å². The molecule has 0 bridgehead atoms. The molecule has 1 aliphatic rings. The van der Waals surface area contributed by atoms with Gasteiger partial charge in [0.15, 0.2) is 0 Å². The first-order valence-corrected chi connectivity index (χ1v) is 6.31. The topological polar surface area (TPSA) is 58.6 Å². The molecule has 1 heterocycles. The van der Waals surface area contributed by atoms with Gasteiger partial charge in [0, 0.05) is 6.92 Å². The van der Waals surface area contributed by atoms with Crippen molar-refractivity contribution >= 4 is 5.97 Å². The van der Waals surface area contributed by atoms with Gasteiger partial charge in [0.2, 0.25) is 6.29 Å². The molecule has 4 nitrogen and oxygen atoms in total. The highest BCUT2D eigenvalue weighted by atomic mass is 16.6. The number of esters is 1. The van der Waals surface area contributed by atoms with Gasteiger partial charge in [-0.1, -0.05) is 30.3 Å². The normalized spacial score (nSPS) is 25.4. The maximum Gasteiger partial charge on any atom is 0.305 e. The van der Waals surface area contributed by atoms with Crippen LogP contribution >= 0.6 is 0 Å². The van der Waals surface area contributed by atoms with Crippen LogP contribution in [-0.4, -0.2) is 23.9 Å². The number of carbonyl (C=O) groups is 1. The molecule has 1 aliphatic heterocycles. The highest BCUT2D eigenvalue weighted by Crippen LogP contribution is 2.34. The van der Waals surface area contributed by atoms with Crippen molar-refractivity contribution in [1.29, 1.82) is 0 Å². The van der Waals surface area contributed by atoms with E-state index in [4.69, 9.17) is 4.74 Å². The highest BCUT2D eigenvalue weighted by molar-refractivity contribution is 5.66. The molecular weight excluding hydrogens is 230 g/mol. The summed E-state index contributed by atoms with van der Waals surface area (Å²) in [7, 11) is 0. The molecule has 4 heteroatoms. The first-order valence-electron chi connectivity index (χ1n) is 6.31. The number of aliphatic hydroxyl groups is 1. The number of benzene rings is 1. The molecule has 2 rings (SSSR count). The van der Waals surface area contributed by atoms with Gasteiger partial charge in [-0.2, -0.15) is 0 Å². The van der Waals surface area contributed by atoms with Gasteiger partial charge in [-0.25, -0.2) is 0 Å². The maximum atomic E-state index is 11.1. The summed E-state index contributed by atoms with van der Waals surface area (Å²) in [6.07, 6.45) is 1.67. The number of ether oxygens (including phenoxy) is 1. The fraction of sp³-hybridized carbons (Fsp3) is 0.500. The molecule has 98 valence electrons. The standard InChI is InChI=1S/C14H19NO3/c1-11(16)18-13(17)14(9-5-6-10-15-14)12-7-3-2-4-8-12/h2-4,7-8,13,15,17H,5-6,9-10H2,1H3. The highest BCUT2D eigenvalue weighted by Gasteiger charge is 2.42. The lowest BCUT2D eigenvalue weighted by Crippen LogP contribution is -2.55. The largest absolute Gasteiger partial charge is 0.434 e. The zero-order valence-electron chi connectivity index (χ0n) is 10.6. The van der Waals surface area contributed by atoms with Crippen molar-refractivity contribution in [2.75, 3.05) is 6.54 Å². The van der Waals surface area contributed by atoms with Crippen molar-refractivity contribution in [2.24, 2.45) is 0 Å². The Bertz CT molecular complexity index is 399. The number of hydrogen-bond acceptors (Lipinski definition) is 4. The molecule has 0 radical (unpaired) electrons. The van der Waals surface area contributed by atoms with Gasteiger partial charge >= 0.3 is 5.97 Å². The molecule has 0 aliphatic carbocycles. The molecule has 0 spiro atoms. The average Bonchev–Trinajstić information content (AvgIpc) is 2.40.